The molecule has 0 saturated carbocycles. The zero-order valence-electron chi connectivity index (χ0n) is 15.8. The number of benzene rings is 1. The number of hydrogen-bond donors (Lipinski definition) is 1. The number of anilines is 1. The van der Waals surface area contributed by atoms with Crippen LogP contribution in [0.15, 0.2) is 41.3 Å². The van der Waals surface area contributed by atoms with Crippen molar-refractivity contribution in [1.82, 2.24) is 14.7 Å². The summed E-state index contributed by atoms with van der Waals surface area (Å²) in [6, 6.07) is 6.61. The second-order valence-corrected chi connectivity index (χ2v) is 6.72. The predicted octanol–water partition coefficient (Wildman–Crippen LogP) is 2.28. The molecule has 0 atom stereocenters. The second-order valence-electron chi connectivity index (χ2n) is 6.72. The largest absolute Gasteiger partial charge is 0.490 e. The van der Waals surface area contributed by atoms with E-state index in [1.54, 1.807) is 4.90 Å². The lowest BCUT2D eigenvalue weighted by Crippen LogP contribution is -2.44. The Morgan fingerprint density at radius 3 is 2.62 bits per heavy atom. The summed E-state index contributed by atoms with van der Waals surface area (Å²) in [4.78, 5) is 25.9. The quantitative estimate of drug-likeness (QED) is 0.819. The fourth-order valence-corrected chi connectivity index (χ4v) is 3.13. The van der Waals surface area contributed by atoms with Crippen molar-refractivity contribution in [3.05, 3.63) is 52.4 Å². The molecule has 3 rings (SSSR count). The molecular formula is C19H21F3N4O3. The first-order valence-electron chi connectivity index (χ1n) is 9.12. The number of ether oxygens (including phenoxy) is 1. The molecule has 156 valence electrons. The molecule has 2 heterocycles. The van der Waals surface area contributed by atoms with Crippen LogP contribution in [0.25, 0.3) is 0 Å². The summed E-state index contributed by atoms with van der Waals surface area (Å²) in [5.41, 5.74) is -0.866. The maximum atomic E-state index is 13.1. The van der Waals surface area contributed by atoms with Crippen LogP contribution in [0, 0.1) is 0 Å². The van der Waals surface area contributed by atoms with Gasteiger partial charge in [0.1, 0.15) is 17.5 Å². The normalized spacial score (nSPS) is 15.2. The Kier molecular flexibility index (Phi) is 6.09. The van der Waals surface area contributed by atoms with E-state index in [1.807, 2.05) is 0 Å². The van der Waals surface area contributed by atoms with Crippen molar-refractivity contribution in [3.63, 3.8) is 0 Å². The Labute approximate surface area is 165 Å². The first kappa shape index (κ1) is 20.7. The number of rotatable bonds is 5. The third kappa shape index (κ3) is 5.07. The smallest absolute Gasteiger partial charge is 0.419 e. The SMILES string of the molecule is Cn1nccc(NCC(=O)N2CCC(Oc3ccccc3C(F)(F)F)CC2)c1=O. The number of nitrogens with one attached hydrogen (secondary N) is 1. The standard InChI is InChI=1S/C19H21F3N4O3/c1-25-18(28)15(6-9-24-25)23-12-17(27)26-10-7-13(8-11-26)29-16-5-3-2-4-14(16)19(20,21)22/h2-6,9,13,23H,7-8,10-12H2,1H3. The van der Waals surface area contributed by atoms with Gasteiger partial charge >= 0.3 is 6.18 Å². The molecule has 1 aliphatic rings. The molecule has 1 saturated heterocycles. The average molecular weight is 410 g/mol. The Balaban J connectivity index is 1.52. The van der Waals surface area contributed by atoms with Crippen LogP contribution in [0.5, 0.6) is 5.75 Å². The van der Waals surface area contributed by atoms with Crippen LogP contribution in [-0.2, 0) is 18.0 Å². The lowest BCUT2D eigenvalue weighted by atomic mass is 10.1. The molecule has 1 aliphatic heterocycles. The average Bonchev–Trinajstić information content (AvgIpc) is 2.69. The molecular weight excluding hydrogens is 389 g/mol. The van der Waals surface area contributed by atoms with E-state index in [9.17, 15) is 22.8 Å². The van der Waals surface area contributed by atoms with Gasteiger partial charge in [-0.05, 0) is 18.2 Å². The first-order chi connectivity index (χ1) is 13.8. The minimum atomic E-state index is -4.48. The molecule has 2 aromatic rings. The Morgan fingerprint density at radius 2 is 1.93 bits per heavy atom. The van der Waals surface area contributed by atoms with Crippen molar-refractivity contribution in [2.24, 2.45) is 7.05 Å². The summed E-state index contributed by atoms with van der Waals surface area (Å²) in [5.74, 6) is -0.391. The molecule has 10 heteroatoms. The van der Waals surface area contributed by atoms with Gasteiger partial charge in [0.2, 0.25) is 5.91 Å². The van der Waals surface area contributed by atoms with Gasteiger partial charge in [0.25, 0.3) is 5.56 Å². The minimum Gasteiger partial charge on any atom is -0.490 e. The second kappa shape index (κ2) is 8.54. The van der Waals surface area contributed by atoms with Gasteiger partial charge in [-0.15, -0.1) is 0 Å². The van der Waals surface area contributed by atoms with Crippen LogP contribution in [0.1, 0.15) is 18.4 Å². The molecule has 1 aromatic heterocycles. The fourth-order valence-electron chi connectivity index (χ4n) is 3.13. The van der Waals surface area contributed by atoms with Crippen LogP contribution in [-0.4, -0.2) is 46.3 Å². The molecule has 29 heavy (non-hydrogen) atoms. The Bertz CT molecular complexity index is 921. The van der Waals surface area contributed by atoms with Crippen LogP contribution in [0.4, 0.5) is 18.9 Å². The number of halogens is 3. The summed E-state index contributed by atoms with van der Waals surface area (Å²) >= 11 is 0. The molecule has 1 fully saturated rings. The first-order valence-corrected chi connectivity index (χ1v) is 9.12. The van der Waals surface area contributed by atoms with Gasteiger partial charge in [-0.25, -0.2) is 4.68 Å². The van der Waals surface area contributed by atoms with Crippen LogP contribution < -0.4 is 15.6 Å². The maximum Gasteiger partial charge on any atom is 0.419 e. The number of hydrogen-bond acceptors (Lipinski definition) is 5. The van der Waals surface area contributed by atoms with E-state index in [0.717, 1.165) is 10.7 Å². The van der Waals surface area contributed by atoms with E-state index in [0.29, 0.717) is 25.9 Å². The van der Waals surface area contributed by atoms with E-state index < -0.39 is 17.8 Å². The zero-order chi connectivity index (χ0) is 21.0. The van der Waals surface area contributed by atoms with Gasteiger partial charge in [-0.3, -0.25) is 9.59 Å². The van der Waals surface area contributed by atoms with Crippen molar-refractivity contribution < 1.29 is 22.7 Å². The molecule has 0 radical (unpaired) electrons. The van der Waals surface area contributed by atoms with Gasteiger partial charge in [0.15, 0.2) is 0 Å². The number of carbonyl (C=O) groups excluding carboxylic acids is 1. The summed E-state index contributed by atoms with van der Waals surface area (Å²) in [7, 11) is 1.51. The molecule has 0 aliphatic carbocycles. The van der Waals surface area contributed by atoms with E-state index in [2.05, 4.69) is 10.4 Å². The third-order valence-corrected chi connectivity index (χ3v) is 4.72. The van der Waals surface area contributed by atoms with Crippen molar-refractivity contribution in [3.8, 4) is 5.75 Å². The molecule has 1 amide bonds. The summed E-state index contributed by atoms with van der Waals surface area (Å²) in [6.07, 6.45) is -2.58. The highest BCUT2D eigenvalue weighted by Gasteiger charge is 2.35. The predicted molar refractivity (Wildman–Crippen MR) is 99.6 cm³/mol. The van der Waals surface area contributed by atoms with Gasteiger partial charge in [0.05, 0.1) is 12.1 Å². The van der Waals surface area contributed by atoms with Gasteiger partial charge in [0, 0.05) is 39.2 Å². The molecule has 1 N–H and O–H groups in total. The number of amides is 1. The highest BCUT2D eigenvalue weighted by atomic mass is 19.4. The number of piperidine rings is 1. The molecule has 0 bridgehead atoms. The van der Waals surface area contributed by atoms with E-state index in [-0.39, 0.29) is 29.4 Å². The van der Waals surface area contributed by atoms with Crippen molar-refractivity contribution in [2.75, 3.05) is 25.0 Å². The lowest BCUT2D eigenvalue weighted by Gasteiger charge is -2.32. The highest BCUT2D eigenvalue weighted by molar-refractivity contribution is 5.80. The number of carbonyl (C=O) groups is 1. The van der Waals surface area contributed by atoms with Gasteiger partial charge in [-0.1, -0.05) is 12.1 Å². The van der Waals surface area contributed by atoms with Gasteiger partial charge in [-0.2, -0.15) is 18.3 Å². The topological polar surface area (TPSA) is 76.5 Å². The van der Waals surface area contributed by atoms with Crippen molar-refractivity contribution in [2.45, 2.75) is 25.1 Å². The lowest BCUT2D eigenvalue weighted by molar-refractivity contribution is -0.139. The highest BCUT2D eigenvalue weighted by Crippen LogP contribution is 2.36. The maximum absolute atomic E-state index is 13.1. The number of aryl methyl sites for hydroxylation is 1. The number of para-hydroxylation sites is 1. The van der Waals surface area contributed by atoms with Gasteiger partial charge < -0.3 is 15.0 Å². The fraction of sp³-hybridized carbons (Fsp3) is 0.421. The van der Waals surface area contributed by atoms with E-state index >= 15 is 0 Å². The Hall–Kier alpha value is -3.04. The number of nitrogens with zero attached hydrogens (tertiary/aromatic N) is 3. The van der Waals surface area contributed by atoms with Crippen molar-refractivity contribution in [1.29, 1.82) is 0 Å². The summed E-state index contributed by atoms with van der Waals surface area (Å²) < 4.78 is 46.0. The zero-order valence-corrected chi connectivity index (χ0v) is 15.8. The van der Waals surface area contributed by atoms with Crippen LogP contribution in [0.3, 0.4) is 0 Å². The summed E-state index contributed by atoms with van der Waals surface area (Å²) in [6.45, 7) is 0.684. The van der Waals surface area contributed by atoms with Crippen LogP contribution >= 0.6 is 0 Å². The number of likely N-dealkylation sites (tertiary alicyclic amines) is 1. The number of alkyl halides is 3. The molecule has 0 unspecified atom stereocenters. The molecule has 7 nitrogen and oxygen atoms in total. The third-order valence-electron chi connectivity index (χ3n) is 4.72. The number of aromatic nitrogens is 2. The monoisotopic (exact) mass is 410 g/mol. The molecule has 0 spiro atoms. The minimum absolute atomic E-state index is 0.0539. The van der Waals surface area contributed by atoms with E-state index in [1.165, 1.54) is 37.5 Å². The van der Waals surface area contributed by atoms with Crippen LogP contribution in [0.2, 0.25) is 0 Å². The Morgan fingerprint density at radius 1 is 1.24 bits per heavy atom. The van der Waals surface area contributed by atoms with E-state index in [4.69, 9.17) is 4.74 Å². The van der Waals surface area contributed by atoms with Crippen molar-refractivity contribution >= 4 is 11.6 Å². The summed E-state index contributed by atoms with van der Waals surface area (Å²) in [5, 5.41) is 6.61. The molecule has 1 aromatic carbocycles.